The van der Waals surface area contributed by atoms with Crippen molar-refractivity contribution in [3.05, 3.63) is 0 Å². The van der Waals surface area contributed by atoms with Crippen molar-refractivity contribution in [3.63, 3.8) is 0 Å². The molecular weight excluding hydrogens is 164 g/mol. The normalized spacial score (nSPS) is 13.6. The van der Waals surface area contributed by atoms with Gasteiger partial charge in [0.25, 0.3) is 0 Å². The highest BCUT2D eigenvalue weighted by Crippen LogP contribution is 2.07. The first kappa shape index (κ1) is 12.9. The van der Waals surface area contributed by atoms with Crippen LogP contribution in [0.4, 0.5) is 0 Å². The van der Waals surface area contributed by atoms with Crippen LogP contribution in [0, 0.1) is 0 Å². The van der Waals surface area contributed by atoms with Crippen molar-refractivity contribution in [2.45, 2.75) is 32.7 Å². The van der Waals surface area contributed by atoms with E-state index in [4.69, 9.17) is 10.5 Å². The molecule has 80 valence electrons. The Morgan fingerprint density at radius 1 is 1.38 bits per heavy atom. The maximum Gasteiger partial charge on any atom is 0.0589 e. The van der Waals surface area contributed by atoms with Crippen molar-refractivity contribution in [1.29, 1.82) is 0 Å². The van der Waals surface area contributed by atoms with E-state index in [1.165, 1.54) is 6.42 Å². The van der Waals surface area contributed by atoms with Crippen LogP contribution in [0.15, 0.2) is 0 Å². The zero-order chi connectivity index (χ0) is 10.1. The van der Waals surface area contributed by atoms with Gasteiger partial charge >= 0.3 is 0 Å². The quantitative estimate of drug-likeness (QED) is 0.619. The summed E-state index contributed by atoms with van der Waals surface area (Å²) < 4.78 is 5.07. The summed E-state index contributed by atoms with van der Waals surface area (Å²) in [5, 5.41) is 0. The van der Waals surface area contributed by atoms with E-state index < -0.39 is 0 Å². The van der Waals surface area contributed by atoms with Gasteiger partial charge in [0.05, 0.1) is 6.61 Å². The summed E-state index contributed by atoms with van der Waals surface area (Å²) >= 11 is 0. The fraction of sp³-hybridized carbons (Fsp3) is 1.00. The molecule has 0 fully saturated rings. The van der Waals surface area contributed by atoms with Crippen LogP contribution < -0.4 is 5.73 Å². The second kappa shape index (κ2) is 8.48. The van der Waals surface area contributed by atoms with Crippen LogP contribution in [0.1, 0.15) is 26.7 Å². The lowest BCUT2D eigenvalue weighted by atomic mass is 10.1. The first-order chi connectivity index (χ1) is 6.29. The van der Waals surface area contributed by atoms with Gasteiger partial charge < -0.3 is 10.5 Å². The van der Waals surface area contributed by atoms with Gasteiger partial charge in [0.2, 0.25) is 0 Å². The minimum absolute atomic E-state index is 0.630. The van der Waals surface area contributed by atoms with Gasteiger partial charge in [0.15, 0.2) is 0 Å². The molecule has 3 heteroatoms. The first-order valence-electron chi connectivity index (χ1n) is 5.23. The first-order valence-corrected chi connectivity index (χ1v) is 5.23. The molecule has 13 heavy (non-hydrogen) atoms. The van der Waals surface area contributed by atoms with Gasteiger partial charge in [-0.05, 0) is 25.9 Å². The molecular formula is C10H24N2O. The molecule has 0 aromatic carbocycles. The standard InChI is InChI=1S/C10H24N2O/c1-4-10(6-7-11)12(5-2)8-9-13-3/h10H,4-9,11H2,1-3H3. The zero-order valence-corrected chi connectivity index (χ0v) is 9.25. The summed E-state index contributed by atoms with van der Waals surface area (Å²) in [6.07, 6.45) is 2.27. The Morgan fingerprint density at radius 3 is 2.46 bits per heavy atom. The monoisotopic (exact) mass is 188 g/mol. The summed E-state index contributed by atoms with van der Waals surface area (Å²) in [5.41, 5.74) is 5.57. The third-order valence-electron chi connectivity index (χ3n) is 2.48. The Kier molecular flexibility index (Phi) is 8.40. The molecule has 0 aliphatic heterocycles. The van der Waals surface area contributed by atoms with Gasteiger partial charge in [-0.1, -0.05) is 13.8 Å². The van der Waals surface area contributed by atoms with Crippen molar-refractivity contribution in [3.8, 4) is 0 Å². The predicted molar refractivity (Wildman–Crippen MR) is 56.9 cm³/mol. The van der Waals surface area contributed by atoms with Gasteiger partial charge in [0, 0.05) is 19.7 Å². The van der Waals surface area contributed by atoms with Crippen LogP contribution in [-0.4, -0.2) is 44.3 Å². The van der Waals surface area contributed by atoms with Crippen molar-refractivity contribution >= 4 is 0 Å². The summed E-state index contributed by atoms with van der Waals surface area (Å²) in [5.74, 6) is 0. The fourth-order valence-electron chi connectivity index (χ4n) is 1.64. The smallest absolute Gasteiger partial charge is 0.0589 e. The predicted octanol–water partition coefficient (Wildman–Crippen LogP) is 1.08. The molecule has 0 rings (SSSR count). The van der Waals surface area contributed by atoms with Crippen LogP contribution in [0.2, 0.25) is 0 Å². The van der Waals surface area contributed by atoms with E-state index in [2.05, 4.69) is 18.7 Å². The Hall–Kier alpha value is -0.120. The average molecular weight is 188 g/mol. The molecule has 0 radical (unpaired) electrons. The lowest BCUT2D eigenvalue weighted by Gasteiger charge is -2.29. The molecule has 0 bridgehead atoms. The van der Waals surface area contributed by atoms with E-state index in [0.717, 1.165) is 32.7 Å². The molecule has 1 atom stereocenters. The summed E-state index contributed by atoms with van der Waals surface area (Å²) in [6.45, 7) is 8.11. The van der Waals surface area contributed by atoms with Gasteiger partial charge in [-0.15, -0.1) is 0 Å². The highest BCUT2D eigenvalue weighted by Gasteiger charge is 2.13. The van der Waals surface area contributed by atoms with Crippen LogP contribution in [-0.2, 0) is 4.74 Å². The molecule has 0 aromatic heterocycles. The maximum absolute atomic E-state index is 5.57. The molecule has 0 aliphatic carbocycles. The van der Waals surface area contributed by atoms with Crippen molar-refractivity contribution in [1.82, 2.24) is 4.90 Å². The highest BCUT2D eigenvalue weighted by molar-refractivity contribution is 4.69. The molecule has 1 unspecified atom stereocenters. The lowest BCUT2D eigenvalue weighted by molar-refractivity contribution is 0.119. The highest BCUT2D eigenvalue weighted by atomic mass is 16.5. The number of methoxy groups -OCH3 is 1. The van der Waals surface area contributed by atoms with Crippen molar-refractivity contribution in [2.24, 2.45) is 5.73 Å². The lowest BCUT2D eigenvalue weighted by Crippen LogP contribution is -2.38. The maximum atomic E-state index is 5.57. The average Bonchev–Trinajstić information content (AvgIpc) is 2.17. The summed E-state index contributed by atoms with van der Waals surface area (Å²) in [4.78, 5) is 2.44. The number of hydrogen-bond donors (Lipinski definition) is 1. The number of likely N-dealkylation sites (N-methyl/N-ethyl adjacent to an activating group) is 1. The van der Waals surface area contributed by atoms with E-state index in [-0.39, 0.29) is 0 Å². The van der Waals surface area contributed by atoms with Crippen LogP contribution in [0.5, 0.6) is 0 Å². The summed E-state index contributed by atoms with van der Waals surface area (Å²) in [7, 11) is 1.75. The molecule has 0 aliphatic rings. The Labute approximate surface area is 82.2 Å². The van der Waals surface area contributed by atoms with E-state index in [9.17, 15) is 0 Å². The molecule has 2 N–H and O–H groups in total. The number of hydrogen-bond acceptors (Lipinski definition) is 3. The largest absolute Gasteiger partial charge is 0.383 e. The SMILES string of the molecule is CCC(CCN)N(CC)CCOC. The van der Waals surface area contributed by atoms with Crippen molar-refractivity contribution in [2.75, 3.05) is 33.4 Å². The molecule has 0 saturated carbocycles. The van der Waals surface area contributed by atoms with Gasteiger partial charge in [-0.25, -0.2) is 0 Å². The minimum Gasteiger partial charge on any atom is -0.383 e. The zero-order valence-electron chi connectivity index (χ0n) is 9.25. The van der Waals surface area contributed by atoms with Crippen LogP contribution in [0.25, 0.3) is 0 Å². The minimum atomic E-state index is 0.630. The van der Waals surface area contributed by atoms with Gasteiger partial charge in [-0.3, -0.25) is 4.90 Å². The second-order valence-electron chi connectivity index (χ2n) is 3.26. The van der Waals surface area contributed by atoms with E-state index in [0.29, 0.717) is 6.04 Å². The molecule has 0 spiro atoms. The van der Waals surface area contributed by atoms with Gasteiger partial charge in [0.1, 0.15) is 0 Å². The number of nitrogens with zero attached hydrogens (tertiary/aromatic N) is 1. The number of rotatable bonds is 8. The van der Waals surface area contributed by atoms with E-state index in [1.807, 2.05) is 0 Å². The summed E-state index contributed by atoms with van der Waals surface area (Å²) in [6, 6.07) is 0.630. The third kappa shape index (κ3) is 5.24. The Balaban J connectivity index is 3.84. The van der Waals surface area contributed by atoms with Crippen LogP contribution >= 0.6 is 0 Å². The molecule has 0 aromatic rings. The molecule has 0 heterocycles. The van der Waals surface area contributed by atoms with Gasteiger partial charge in [-0.2, -0.15) is 0 Å². The third-order valence-corrected chi connectivity index (χ3v) is 2.48. The fourth-order valence-corrected chi connectivity index (χ4v) is 1.64. The molecule has 3 nitrogen and oxygen atoms in total. The topological polar surface area (TPSA) is 38.5 Å². The second-order valence-corrected chi connectivity index (χ2v) is 3.26. The van der Waals surface area contributed by atoms with Crippen molar-refractivity contribution < 1.29 is 4.74 Å². The van der Waals surface area contributed by atoms with E-state index in [1.54, 1.807) is 7.11 Å². The van der Waals surface area contributed by atoms with E-state index >= 15 is 0 Å². The Morgan fingerprint density at radius 2 is 2.08 bits per heavy atom. The molecule has 0 amide bonds. The number of ether oxygens (including phenoxy) is 1. The Bertz CT molecular complexity index is 109. The van der Waals surface area contributed by atoms with Crippen LogP contribution in [0.3, 0.4) is 0 Å². The molecule has 0 saturated heterocycles. The number of nitrogens with two attached hydrogens (primary N) is 1.